The zero-order chi connectivity index (χ0) is 13.7. The topological polar surface area (TPSA) is 92.9 Å². The fraction of sp³-hybridized carbons (Fsp3) is 0.583. The van der Waals surface area contributed by atoms with Gasteiger partial charge in [-0.05, 0) is 27.7 Å². The highest BCUT2D eigenvalue weighted by Gasteiger charge is 2.12. The SMILES string of the molecule is CCNc1nc(C)nc(NC(C)CC(N)=O)c1C. The molecule has 0 radical (unpaired) electrons. The van der Waals surface area contributed by atoms with Gasteiger partial charge in [-0.15, -0.1) is 0 Å². The largest absolute Gasteiger partial charge is 0.370 e. The van der Waals surface area contributed by atoms with Crippen molar-refractivity contribution in [2.24, 2.45) is 5.73 Å². The van der Waals surface area contributed by atoms with Crippen molar-refractivity contribution in [1.29, 1.82) is 0 Å². The summed E-state index contributed by atoms with van der Waals surface area (Å²) in [5.41, 5.74) is 6.11. The maximum Gasteiger partial charge on any atom is 0.219 e. The number of hydrogen-bond acceptors (Lipinski definition) is 5. The second-order valence-electron chi connectivity index (χ2n) is 4.34. The summed E-state index contributed by atoms with van der Waals surface area (Å²) in [4.78, 5) is 19.5. The lowest BCUT2D eigenvalue weighted by Crippen LogP contribution is -2.25. The average Bonchev–Trinajstić information content (AvgIpc) is 2.23. The van der Waals surface area contributed by atoms with E-state index in [2.05, 4.69) is 20.6 Å². The number of anilines is 2. The van der Waals surface area contributed by atoms with Gasteiger partial charge in [0.25, 0.3) is 0 Å². The summed E-state index contributed by atoms with van der Waals surface area (Å²) in [7, 11) is 0. The van der Waals surface area contributed by atoms with E-state index in [0.717, 1.165) is 23.7 Å². The molecule has 0 spiro atoms. The van der Waals surface area contributed by atoms with E-state index in [0.29, 0.717) is 5.82 Å². The first kappa shape index (κ1) is 14.2. The van der Waals surface area contributed by atoms with Crippen LogP contribution < -0.4 is 16.4 Å². The molecule has 0 aromatic carbocycles. The zero-order valence-electron chi connectivity index (χ0n) is 11.4. The van der Waals surface area contributed by atoms with Crippen LogP contribution in [0, 0.1) is 13.8 Å². The van der Waals surface area contributed by atoms with Crippen LogP contribution in [0.25, 0.3) is 0 Å². The number of primary amides is 1. The van der Waals surface area contributed by atoms with Crippen molar-refractivity contribution < 1.29 is 4.79 Å². The number of carbonyl (C=O) groups is 1. The third-order valence-corrected chi connectivity index (χ3v) is 2.49. The van der Waals surface area contributed by atoms with Crippen molar-refractivity contribution in [3.05, 3.63) is 11.4 Å². The number of nitrogens with two attached hydrogens (primary N) is 1. The summed E-state index contributed by atoms with van der Waals surface area (Å²) < 4.78 is 0. The lowest BCUT2D eigenvalue weighted by atomic mass is 10.2. The standard InChI is InChI=1S/C12H21N5O/c1-5-14-11-8(3)12(17-9(4)16-11)15-7(2)6-10(13)18/h7H,5-6H2,1-4H3,(H2,13,18)(H2,14,15,16,17). The number of nitrogens with zero attached hydrogens (tertiary/aromatic N) is 2. The maximum absolute atomic E-state index is 10.9. The van der Waals surface area contributed by atoms with Gasteiger partial charge >= 0.3 is 0 Å². The van der Waals surface area contributed by atoms with Crippen molar-refractivity contribution in [3.63, 3.8) is 0 Å². The number of aryl methyl sites for hydroxylation is 1. The van der Waals surface area contributed by atoms with E-state index in [1.165, 1.54) is 0 Å². The van der Waals surface area contributed by atoms with Gasteiger partial charge in [0.05, 0.1) is 0 Å². The molecular weight excluding hydrogens is 230 g/mol. The zero-order valence-corrected chi connectivity index (χ0v) is 11.4. The van der Waals surface area contributed by atoms with Crippen LogP contribution in [0.1, 0.15) is 31.7 Å². The highest BCUT2D eigenvalue weighted by Crippen LogP contribution is 2.20. The molecule has 1 aromatic rings. The molecule has 1 amide bonds. The van der Waals surface area contributed by atoms with Gasteiger partial charge in [-0.2, -0.15) is 0 Å². The maximum atomic E-state index is 10.9. The van der Waals surface area contributed by atoms with Gasteiger partial charge in [-0.25, -0.2) is 9.97 Å². The second-order valence-corrected chi connectivity index (χ2v) is 4.34. The molecule has 0 saturated carbocycles. The molecule has 0 fully saturated rings. The van der Waals surface area contributed by atoms with Gasteiger partial charge in [-0.3, -0.25) is 4.79 Å². The molecular formula is C12H21N5O. The summed E-state index contributed by atoms with van der Waals surface area (Å²) in [6, 6.07) is -0.0509. The van der Waals surface area contributed by atoms with Crippen molar-refractivity contribution in [1.82, 2.24) is 9.97 Å². The van der Waals surface area contributed by atoms with Crippen LogP contribution in [-0.4, -0.2) is 28.5 Å². The Morgan fingerprint density at radius 3 is 2.50 bits per heavy atom. The Labute approximate surface area is 107 Å². The Morgan fingerprint density at radius 2 is 1.94 bits per heavy atom. The van der Waals surface area contributed by atoms with Crippen LogP contribution in [0.3, 0.4) is 0 Å². The van der Waals surface area contributed by atoms with Crippen LogP contribution in [0.4, 0.5) is 11.6 Å². The number of carbonyl (C=O) groups excluding carboxylic acids is 1. The molecule has 1 heterocycles. The predicted molar refractivity (Wildman–Crippen MR) is 72.6 cm³/mol. The molecule has 0 aliphatic rings. The Morgan fingerprint density at radius 1 is 1.33 bits per heavy atom. The smallest absolute Gasteiger partial charge is 0.219 e. The number of hydrogen-bond donors (Lipinski definition) is 3. The molecule has 0 saturated heterocycles. The van der Waals surface area contributed by atoms with Gasteiger partial charge in [0.2, 0.25) is 5.91 Å². The van der Waals surface area contributed by atoms with Crippen molar-refractivity contribution in [2.75, 3.05) is 17.2 Å². The highest BCUT2D eigenvalue weighted by atomic mass is 16.1. The van der Waals surface area contributed by atoms with E-state index in [9.17, 15) is 4.79 Å². The summed E-state index contributed by atoms with van der Waals surface area (Å²) in [5.74, 6) is 1.92. The average molecular weight is 251 g/mol. The summed E-state index contributed by atoms with van der Waals surface area (Å²) in [5, 5.41) is 6.38. The lowest BCUT2D eigenvalue weighted by molar-refractivity contribution is -0.118. The first-order valence-corrected chi connectivity index (χ1v) is 6.08. The molecule has 0 aliphatic heterocycles. The van der Waals surface area contributed by atoms with Gasteiger partial charge in [-0.1, -0.05) is 0 Å². The van der Waals surface area contributed by atoms with Gasteiger partial charge in [0.15, 0.2) is 0 Å². The molecule has 1 unspecified atom stereocenters. The normalized spacial score (nSPS) is 12.0. The van der Waals surface area contributed by atoms with Crippen molar-refractivity contribution >= 4 is 17.5 Å². The van der Waals surface area contributed by atoms with E-state index < -0.39 is 0 Å². The molecule has 1 atom stereocenters. The summed E-state index contributed by atoms with van der Waals surface area (Å²) in [6.45, 7) is 8.49. The van der Waals surface area contributed by atoms with E-state index in [-0.39, 0.29) is 18.4 Å². The minimum absolute atomic E-state index is 0.0509. The monoisotopic (exact) mass is 251 g/mol. The van der Waals surface area contributed by atoms with Gasteiger partial charge in [0, 0.05) is 24.6 Å². The van der Waals surface area contributed by atoms with Crippen LogP contribution in [-0.2, 0) is 4.79 Å². The predicted octanol–water partition coefficient (Wildman–Crippen LogP) is 1.20. The van der Waals surface area contributed by atoms with E-state index in [1.807, 2.05) is 27.7 Å². The number of nitrogens with one attached hydrogen (secondary N) is 2. The molecule has 100 valence electrons. The van der Waals surface area contributed by atoms with Crippen LogP contribution in [0.2, 0.25) is 0 Å². The highest BCUT2D eigenvalue weighted by molar-refractivity contribution is 5.75. The van der Waals surface area contributed by atoms with Crippen molar-refractivity contribution in [3.8, 4) is 0 Å². The van der Waals surface area contributed by atoms with Crippen LogP contribution in [0.5, 0.6) is 0 Å². The summed E-state index contributed by atoms with van der Waals surface area (Å²) >= 11 is 0. The Hall–Kier alpha value is -1.85. The Bertz CT molecular complexity index is 433. The first-order valence-electron chi connectivity index (χ1n) is 6.08. The van der Waals surface area contributed by atoms with Gasteiger partial charge in [0.1, 0.15) is 17.5 Å². The second kappa shape index (κ2) is 6.18. The fourth-order valence-corrected chi connectivity index (χ4v) is 1.69. The molecule has 0 bridgehead atoms. The molecule has 6 heteroatoms. The molecule has 1 rings (SSSR count). The molecule has 18 heavy (non-hydrogen) atoms. The molecule has 4 N–H and O–H groups in total. The Balaban J connectivity index is 2.91. The third-order valence-electron chi connectivity index (χ3n) is 2.49. The van der Waals surface area contributed by atoms with Crippen LogP contribution >= 0.6 is 0 Å². The number of rotatable bonds is 6. The fourth-order valence-electron chi connectivity index (χ4n) is 1.69. The molecule has 1 aromatic heterocycles. The minimum Gasteiger partial charge on any atom is -0.370 e. The van der Waals surface area contributed by atoms with Crippen molar-refractivity contribution in [2.45, 2.75) is 40.2 Å². The first-order chi connectivity index (χ1) is 8.43. The van der Waals surface area contributed by atoms with E-state index in [4.69, 9.17) is 5.73 Å². The third kappa shape index (κ3) is 3.87. The summed E-state index contributed by atoms with van der Waals surface area (Å²) in [6.07, 6.45) is 0.277. The minimum atomic E-state index is -0.328. The number of aromatic nitrogens is 2. The van der Waals surface area contributed by atoms with E-state index >= 15 is 0 Å². The molecule has 6 nitrogen and oxygen atoms in total. The van der Waals surface area contributed by atoms with Crippen LogP contribution in [0.15, 0.2) is 0 Å². The Kier molecular flexibility index (Phi) is 4.88. The van der Waals surface area contributed by atoms with Gasteiger partial charge < -0.3 is 16.4 Å². The lowest BCUT2D eigenvalue weighted by Gasteiger charge is -2.17. The van der Waals surface area contributed by atoms with E-state index in [1.54, 1.807) is 0 Å². The number of amides is 1. The molecule has 0 aliphatic carbocycles. The quantitative estimate of drug-likeness (QED) is 0.706.